The molecule has 1 aliphatic heterocycles. The first kappa shape index (κ1) is 15.7. The van der Waals surface area contributed by atoms with Gasteiger partial charge in [-0.15, -0.1) is 11.3 Å². The number of hydrogen-bond donors (Lipinski definition) is 1. The minimum absolute atomic E-state index is 0.325. The summed E-state index contributed by atoms with van der Waals surface area (Å²) in [4.78, 5) is 3.87. The van der Waals surface area contributed by atoms with Gasteiger partial charge in [0.15, 0.2) is 0 Å². The quantitative estimate of drug-likeness (QED) is 0.758. The molecule has 2 nitrogen and oxygen atoms in total. The van der Waals surface area contributed by atoms with E-state index >= 15 is 0 Å². The maximum atomic E-state index is 6.06. The van der Waals surface area contributed by atoms with Crippen molar-refractivity contribution in [2.24, 2.45) is 5.73 Å². The molecule has 2 atom stereocenters. The Morgan fingerprint density at radius 3 is 2.67 bits per heavy atom. The molecule has 2 heterocycles. The van der Waals surface area contributed by atoms with Crippen LogP contribution in [0.4, 0.5) is 0 Å². The van der Waals surface area contributed by atoms with Crippen molar-refractivity contribution in [3.8, 4) is 0 Å². The molecule has 0 radical (unpaired) electrons. The SMILES string of the molecule is NCC(c1cc(Br)c(Br)s1)N1CCC(c2ccccc2)C1. The van der Waals surface area contributed by atoms with Gasteiger partial charge in [0, 0.05) is 22.4 Å². The molecule has 2 aromatic rings. The summed E-state index contributed by atoms with van der Waals surface area (Å²) >= 11 is 8.94. The summed E-state index contributed by atoms with van der Waals surface area (Å²) < 4.78 is 2.27. The highest BCUT2D eigenvalue weighted by atomic mass is 79.9. The second kappa shape index (κ2) is 6.92. The van der Waals surface area contributed by atoms with E-state index in [2.05, 4.69) is 73.2 Å². The molecule has 3 rings (SSSR count). The van der Waals surface area contributed by atoms with E-state index in [0.717, 1.165) is 21.3 Å². The smallest absolute Gasteiger partial charge is 0.0843 e. The Bertz CT molecular complexity index is 580. The summed E-state index contributed by atoms with van der Waals surface area (Å²) in [7, 11) is 0. The van der Waals surface area contributed by atoms with Crippen molar-refractivity contribution in [1.29, 1.82) is 0 Å². The Kier molecular flexibility index (Phi) is 5.17. The highest BCUT2D eigenvalue weighted by molar-refractivity contribution is 9.13. The molecule has 1 aliphatic rings. The van der Waals surface area contributed by atoms with Crippen LogP contribution < -0.4 is 5.73 Å². The first-order valence-corrected chi connectivity index (χ1v) is 9.53. The molecule has 1 fully saturated rings. The molecule has 1 aromatic carbocycles. The fourth-order valence-electron chi connectivity index (χ4n) is 3.04. The first-order chi connectivity index (χ1) is 10.2. The van der Waals surface area contributed by atoms with Crippen molar-refractivity contribution >= 4 is 43.2 Å². The van der Waals surface area contributed by atoms with Crippen LogP contribution in [0, 0.1) is 0 Å². The fraction of sp³-hybridized carbons (Fsp3) is 0.375. The number of rotatable bonds is 4. The van der Waals surface area contributed by atoms with Crippen LogP contribution in [0.15, 0.2) is 44.7 Å². The Labute approximate surface area is 146 Å². The number of nitrogens with two attached hydrogens (primary N) is 1. The lowest BCUT2D eigenvalue weighted by atomic mass is 9.99. The Balaban J connectivity index is 1.75. The van der Waals surface area contributed by atoms with E-state index < -0.39 is 0 Å². The summed E-state index contributed by atoms with van der Waals surface area (Å²) in [6, 6.07) is 13.3. The van der Waals surface area contributed by atoms with Crippen molar-refractivity contribution in [3.63, 3.8) is 0 Å². The number of hydrogen-bond acceptors (Lipinski definition) is 3. The van der Waals surface area contributed by atoms with E-state index in [1.807, 2.05) is 0 Å². The number of thiophene rings is 1. The number of likely N-dealkylation sites (tertiary alicyclic amines) is 1. The van der Waals surface area contributed by atoms with Crippen LogP contribution in [0.5, 0.6) is 0 Å². The lowest BCUT2D eigenvalue weighted by Crippen LogP contribution is -2.31. The molecule has 0 spiro atoms. The molecule has 21 heavy (non-hydrogen) atoms. The molecular weight excluding hydrogens is 412 g/mol. The molecule has 112 valence electrons. The van der Waals surface area contributed by atoms with Gasteiger partial charge in [-0.25, -0.2) is 0 Å². The lowest BCUT2D eigenvalue weighted by Gasteiger charge is -2.25. The Hall–Kier alpha value is -0.200. The van der Waals surface area contributed by atoms with E-state index in [-0.39, 0.29) is 0 Å². The van der Waals surface area contributed by atoms with Crippen LogP contribution in [0.2, 0.25) is 0 Å². The first-order valence-electron chi connectivity index (χ1n) is 7.13. The lowest BCUT2D eigenvalue weighted by molar-refractivity contribution is 0.251. The van der Waals surface area contributed by atoms with Gasteiger partial charge in [0.25, 0.3) is 0 Å². The van der Waals surface area contributed by atoms with E-state index in [1.165, 1.54) is 16.9 Å². The van der Waals surface area contributed by atoms with Gasteiger partial charge in [-0.1, -0.05) is 30.3 Å². The Morgan fingerprint density at radius 2 is 2.05 bits per heavy atom. The normalized spacial score (nSPS) is 20.8. The molecule has 1 aromatic heterocycles. The van der Waals surface area contributed by atoms with Gasteiger partial charge >= 0.3 is 0 Å². The van der Waals surface area contributed by atoms with Crippen LogP contribution in [0.25, 0.3) is 0 Å². The van der Waals surface area contributed by atoms with Crippen molar-refractivity contribution < 1.29 is 0 Å². The van der Waals surface area contributed by atoms with Gasteiger partial charge in [0.2, 0.25) is 0 Å². The molecular formula is C16H18Br2N2S. The molecule has 1 saturated heterocycles. The average Bonchev–Trinajstić information content (AvgIpc) is 3.10. The van der Waals surface area contributed by atoms with Gasteiger partial charge in [-0.2, -0.15) is 0 Å². The maximum Gasteiger partial charge on any atom is 0.0843 e. The maximum absolute atomic E-state index is 6.06. The van der Waals surface area contributed by atoms with Crippen LogP contribution >= 0.6 is 43.2 Å². The topological polar surface area (TPSA) is 29.3 Å². The number of halogens is 2. The number of benzene rings is 1. The predicted molar refractivity (Wildman–Crippen MR) is 96.9 cm³/mol. The van der Waals surface area contributed by atoms with Gasteiger partial charge in [-0.3, -0.25) is 4.90 Å². The second-order valence-electron chi connectivity index (χ2n) is 5.41. The Morgan fingerprint density at radius 1 is 1.29 bits per heavy atom. The van der Waals surface area contributed by atoms with Gasteiger partial charge in [0.05, 0.1) is 9.83 Å². The van der Waals surface area contributed by atoms with Gasteiger partial charge < -0.3 is 5.73 Å². The highest BCUT2D eigenvalue weighted by Gasteiger charge is 2.30. The van der Waals surface area contributed by atoms with Crippen LogP contribution in [-0.2, 0) is 0 Å². The largest absolute Gasteiger partial charge is 0.329 e. The van der Waals surface area contributed by atoms with E-state index in [1.54, 1.807) is 11.3 Å². The summed E-state index contributed by atoms with van der Waals surface area (Å²) in [5, 5.41) is 0. The molecule has 0 amide bonds. The third kappa shape index (κ3) is 3.42. The summed E-state index contributed by atoms with van der Waals surface area (Å²) in [5.41, 5.74) is 7.51. The molecule has 2 unspecified atom stereocenters. The van der Waals surface area contributed by atoms with Gasteiger partial charge in [0.1, 0.15) is 0 Å². The fourth-order valence-corrected chi connectivity index (χ4v) is 5.28. The number of nitrogens with zero attached hydrogens (tertiary/aromatic N) is 1. The molecule has 0 saturated carbocycles. The molecule has 0 bridgehead atoms. The van der Waals surface area contributed by atoms with Crippen LogP contribution in [-0.4, -0.2) is 24.5 Å². The summed E-state index contributed by atoms with van der Waals surface area (Å²) in [6.07, 6.45) is 1.22. The van der Waals surface area contributed by atoms with Crippen LogP contribution in [0.3, 0.4) is 0 Å². The van der Waals surface area contributed by atoms with Crippen molar-refractivity contribution in [2.45, 2.75) is 18.4 Å². The minimum Gasteiger partial charge on any atom is -0.329 e. The molecule has 2 N–H and O–H groups in total. The van der Waals surface area contributed by atoms with Crippen molar-refractivity contribution in [3.05, 3.63) is 55.1 Å². The van der Waals surface area contributed by atoms with E-state index in [9.17, 15) is 0 Å². The van der Waals surface area contributed by atoms with E-state index in [0.29, 0.717) is 18.5 Å². The monoisotopic (exact) mass is 428 g/mol. The third-order valence-corrected chi connectivity index (χ3v) is 7.50. The van der Waals surface area contributed by atoms with Crippen LogP contribution in [0.1, 0.15) is 28.8 Å². The zero-order valence-corrected chi connectivity index (χ0v) is 15.6. The second-order valence-corrected chi connectivity index (χ2v) is 8.67. The van der Waals surface area contributed by atoms with Crippen molar-refractivity contribution in [1.82, 2.24) is 4.90 Å². The minimum atomic E-state index is 0.325. The van der Waals surface area contributed by atoms with E-state index in [4.69, 9.17) is 5.73 Å². The summed E-state index contributed by atoms with van der Waals surface area (Å²) in [5.74, 6) is 0.632. The predicted octanol–water partition coefficient (Wildman–Crippen LogP) is 4.76. The molecule has 0 aliphatic carbocycles. The summed E-state index contributed by atoms with van der Waals surface area (Å²) in [6.45, 7) is 2.88. The zero-order chi connectivity index (χ0) is 14.8. The standard InChI is InChI=1S/C16H18Br2N2S/c17-13-8-15(21-16(13)18)14(9-19)20-7-6-12(10-20)11-4-2-1-3-5-11/h1-5,8,12,14H,6-7,9-10,19H2. The van der Waals surface area contributed by atoms with Gasteiger partial charge in [-0.05, 0) is 62.4 Å². The average molecular weight is 430 g/mol. The highest BCUT2D eigenvalue weighted by Crippen LogP contribution is 2.39. The molecule has 5 heteroatoms. The third-order valence-electron chi connectivity index (χ3n) is 4.15. The zero-order valence-electron chi connectivity index (χ0n) is 11.6. The van der Waals surface area contributed by atoms with Crippen molar-refractivity contribution in [2.75, 3.05) is 19.6 Å².